The van der Waals surface area contributed by atoms with Crippen LogP contribution in [0.25, 0.3) is 0 Å². The van der Waals surface area contributed by atoms with E-state index in [0.29, 0.717) is 20.9 Å². The number of nitrogen functional groups attached to an aromatic ring is 1. The van der Waals surface area contributed by atoms with Gasteiger partial charge in [0.1, 0.15) is 4.90 Å². The maximum atomic E-state index is 12.2. The van der Waals surface area contributed by atoms with Gasteiger partial charge in [-0.3, -0.25) is 4.72 Å². The fourth-order valence-electron chi connectivity index (χ4n) is 1.48. The van der Waals surface area contributed by atoms with Crippen LogP contribution in [0, 0.1) is 0 Å². The molecule has 2 rings (SSSR count). The Hall–Kier alpha value is -1.24. The van der Waals surface area contributed by atoms with Gasteiger partial charge in [-0.25, -0.2) is 8.42 Å². The number of nitrogens with one attached hydrogen (secondary N) is 1. The Labute approximate surface area is 124 Å². The summed E-state index contributed by atoms with van der Waals surface area (Å²) in [5.41, 5.74) is 6.30. The van der Waals surface area contributed by atoms with Crippen molar-refractivity contribution in [1.29, 1.82) is 0 Å². The number of hydrogen-bond acceptors (Lipinski definition) is 3. The van der Waals surface area contributed by atoms with E-state index in [-0.39, 0.29) is 4.90 Å². The minimum Gasteiger partial charge on any atom is -0.397 e. The van der Waals surface area contributed by atoms with Gasteiger partial charge in [0.15, 0.2) is 0 Å². The zero-order chi connectivity index (χ0) is 14.0. The maximum Gasteiger partial charge on any atom is 0.263 e. The second kappa shape index (κ2) is 5.40. The molecule has 0 spiro atoms. The molecule has 0 aliphatic carbocycles. The highest BCUT2D eigenvalue weighted by molar-refractivity contribution is 9.10. The van der Waals surface area contributed by atoms with Crippen LogP contribution in [-0.4, -0.2) is 8.42 Å². The molecule has 0 atom stereocenters. The van der Waals surface area contributed by atoms with E-state index in [0.717, 1.165) is 0 Å². The second-order valence-corrected chi connectivity index (χ2v) is 6.68. The van der Waals surface area contributed by atoms with Crippen LogP contribution in [0.3, 0.4) is 0 Å². The molecule has 0 amide bonds. The number of halogens is 2. The first kappa shape index (κ1) is 14.2. The fourth-order valence-corrected chi connectivity index (χ4v) is 3.65. The number of anilines is 2. The normalized spacial score (nSPS) is 11.3. The molecule has 0 bridgehead atoms. The van der Waals surface area contributed by atoms with E-state index in [1.54, 1.807) is 24.3 Å². The first-order valence-electron chi connectivity index (χ1n) is 5.22. The SMILES string of the molecule is Nc1cc(NS(=O)(=O)c2ccccc2Br)ccc1Cl. The van der Waals surface area contributed by atoms with E-state index < -0.39 is 10.0 Å². The van der Waals surface area contributed by atoms with Crippen LogP contribution >= 0.6 is 27.5 Å². The van der Waals surface area contributed by atoms with E-state index >= 15 is 0 Å². The van der Waals surface area contributed by atoms with Crippen molar-refractivity contribution in [2.24, 2.45) is 0 Å². The lowest BCUT2D eigenvalue weighted by Crippen LogP contribution is -2.13. The summed E-state index contributed by atoms with van der Waals surface area (Å²) < 4.78 is 27.3. The molecule has 0 aromatic heterocycles. The van der Waals surface area contributed by atoms with Crippen molar-refractivity contribution in [2.75, 3.05) is 10.5 Å². The molecule has 0 radical (unpaired) electrons. The van der Waals surface area contributed by atoms with Crippen LogP contribution in [0.15, 0.2) is 51.8 Å². The zero-order valence-corrected chi connectivity index (χ0v) is 12.8. The van der Waals surface area contributed by atoms with Crippen molar-refractivity contribution < 1.29 is 8.42 Å². The van der Waals surface area contributed by atoms with Crippen molar-refractivity contribution >= 4 is 48.9 Å². The third kappa shape index (κ3) is 3.20. The summed E-state index contributed by atoms with van der Waals surface area (Å²) in [7, 11) is -3.67. The molecular formula is C12H10BrClN2O2S. The van der Waals surface area contributed by atoms with Crippen LogP contribution in [0.4, 0.5) is 11.4 Å². The van der Waals surface area contributed by atoms with Gasteiger partial charge in [-0.1, -0.05) is 23.7 Å². The topological polar surface area (TPSA) is 72.2 Å². The molecule has 0 heterocycles. The fraction of sp³-hybridized carbons (Fsp3) is 0. The molecule has 0 aliphatic rings. The van der Waals surface area contributed by atoms with Gasteiger partial charge in [-0.05, 0) is 46.3 Å². The van der Waals surface area contributed by atoms with E-state index in [4.69, 9.17) is 17.3 Å². The molecule has 0 unspecified atom stereocenters. The average Bonchev–Trinajstić information content (AvgIpc) is 2.34. The average molecular weight is 362 g/mol. The lowest BCUT2D eigenvalue weighted by molar-refractivity contribution is 0.601. The third-order valence-corrected chi connectivity index (χ3v) is 5.11. The van der Waals surface area contributed by atoms with Crippen molar-refractivity contribution in [1.82, 2.24) is 0 Å². The van der Waals surface area contributed by atoms with Crippen LogP contribution in [0.2, 0.25) is 5.02 Å². The summed E-state index contributed by atoms with van der Waals surface area (Å²) in [6, 6.07) is 11.1. The molecule has 2 aromatic carbocycles. The molecular weight excluding hydrogens is 352 g/mol. The summed E-state index contributed by atoms with van der Waals surface area (Å²) in [5, 5.41) is 0.379. The highest BCUT2D eigenvalue weighted by Gasteiger charge is 2.17. The third-order valence-electron chi connectivity index (χ3n) is 2.37. The second-order valence-electron chi connectivity index (χ2n) is 3.77. The van der Waals surface area contributed by atoms with E-state index in [1.807, 2.05) is 0 Å². The van der Waals surface area contributed by atoms with E-state index in [1.165, 1.54) is 18.2 Å². The van der Waals surface area contributed by atoms with E-state index in [9.17, 15) is 8.42 Å². The number of nitrogens with two attached hydrogens (primary N) is 1. The van der Waals surface area contributed by atoms with Crippen molar-refractivity contribution in [2.45, 2.75) is 4.90 Å². The predicted molar refractivity (Wildman–Crippen MR) is 80.8 cm³/mol. The summed E-state index contributed by atoms with van der Waals surface area (Å²) in [4.78, 5) is 0.156. The Balaban J connectivity index is 2.37. The number of sulfonamides is 1. The minimum absolute atomic E-state index is 0.156. The Kier molecular flexibility index (Phi) is 4.03. The summed E-state index contributed by atoms with van der Waals surface area (Å²) >= 11 is 8.99. The molecule has 4 nitrogen and oxygen atoms in total. The Morgan fingerprint density at radius 2 is 1.84 bits per heavy atom. The van der Waals surface area contributed by atoms with Gasteiger partial charge in [-0.15, -0.1) is 0 Å². The Morgan fingerprint density at radius 3 is 2.47 bits per heavy atom. The van der Waals surface area contributed by atoms with Crippen molar-refractivity contribution in [3.05, 3.63) is 52.0 Å². The van der Waals surface area contributed by atoms with Gasteiger partial charge in [0.2, 0.25) is 0 Å². The van der Waals surface area contributed by atoms with Crippen molar-refractivity contribution in [3.63, 3.8) is 0 Å². The van der Waals surface area contributed by atoms with E-state index in [2.05, 4.69) is 20.7 Å². The minimum atomic E-state index is -3.67. The first-order valence-corrected chi connectivity index (χ1v) is 7.88. The smallest absolute Gasteiger partial charge is 0.263 e. The van der Waals surface area contributed by atoms with Crippen LogP contribution in [-0.2, 0) is 10.0 Å². The quantitative estimate of drug-likeness (QED) is 0.822. The molecule has 0 fully saturated rings. The lowest BCUT2D eigenvalue weighted by atomic mass is 10.3. The van der Waals surface area contributed by atoms with Gasteiger partial charge in [0, 0.05) is 4.47 Å². The number of benzene rings is 2. The summed E-state index contributed by atoms with van der Waals surface area (Å²) in [6.45, 7) is 0. The predicted octanol–water partition coefficient (Wildman–Crippen LogP) is 3.49. The summed E-state index contributed by atoms with van der Waals surface area (Å²) in [6.07, 6.45) is 0. The molecule has 2 aromatic rings. The monoisotopic (exact) mass is 360 g/mol. The van der Waals surface area contributed by atoms with Crippen LogP contribution in [0.5, 0.6) is 0 Å². The first-order chi connectivity index (χ1) is 8.90. The molecule has 19 heavy (non-hydrogen) atoms. The highest BCUT2D eigenvalue weighted by Crippen LogP contribution is 2.26. The van der Waals surface area contributed by atoms with Gasteiger partial charge in [0.25, 0.3) is 10.0 Å². The molecule has 0 aliphatic heterocycles. The summed E-state index contributed by atoms with van der Waals surface area (Å²) in [5.74, 6) is 0. The molecule has 0 saturated heterocycles. The zero-order valence-electron chi connectivity index (χ0n) is 9.60. The van der Waals surface area contributed by atoms with Crippen LogP contribution < -0.4 is 10.5 Å². The standard InChI is InChI=1S/C12H10BrClN2O2S/c13-9-3-1-2-4-12(9)19(17,18)16-8-5-6-10(14)11(15)7-8/h1-7,16H,15H2. The Bertz CT molecular complexity index is 719. The van der Waals surface area contributed by atoms with Gasteiger partial charge in [0.05, 0.1) is 16.4 Å². The maximum absolute atomic E-state index is 12.2. The largest absolute Gasteiger partial charge is 0.397 e. The van der Waals surface area contributed by atoms with Crippen molar-refractivity contribution in [3.8, 4) is 0 Å². The Morgan fingerprint density at radius 1 is 1.16 bits per heavy atom. The highest BCUT2D eigenvalue weighted by atomic mass is 79.9. The van der Waals surface area contributed by atoms with Crippen LogP contribution in [0.1, 0.15) is 0 Å². The van der Waals surface area contributed by atoms with Gasteiger partial charge in [-0.2, -0.15) is 0 Å². The number of rotatable bonds is 3. The van der Waals surface area contributed by atoms with Gasteiger partial charge >= 0.3 is 0 Å². The molecule has 3 N–H and O–H groups in total. The number of hydrogen-bond donors (Lipinski definition) is 2. The molecule has 7 heteroatoms. The molecule has 100 valence electrons. The lowest BCUT2D eigenvalue weighted by Gasteiger charge is -2.10. The van der Waals surface area contributed by atoms with Gasteiger partial charge < -0.3 is 5.73 Å². The molecule has 0 saturated carbocycles.